The normalized spacial score (nSPS) is 16.8. The Labute approximate surface area is 107 Å². The number of thioether (sulfide) groups is 1. The molecule has 1 saturated heterocycles. The van der Waals surface area contributed by atoms with Crippen molar-refractivity contribution in [1.29, 1.82) is 0 Å². The molecule has 92 valence electrons. The number of carbonyl (C=O) groups is 1. The van der Waals surface area contributed by atoms with E-state index in [0.717, 1.165) is 5.69 Å². The van der Waals surface area contributed by atoms with Crippen molar-refractivity contribution in [2.75, 3.05) is 16.8 Å². The Morgan fingerprint density at radius 3 is 2.59 bits per heavy atom. The molecule has 0 atom stereocenters. The molecule has 0 bridgehead atoms. The molecule has 2 nitrogen and oxygen atoms in total. The maximum atomic E-state index is 11.8. The monoisotopic (exact) mass is 249 g/mol. The smallest absolute Gasteiger partial charge is 0.224 e. The molecule has 1 heterocycles. The highest BCUT2D eigenvalue weighted by Gasteiger charge is 2.17. The van der Waals surface area contributed by atoms with E-state index < -0.39 is 0 Å². The van der Waals surface area contributed by atoms with Gasteiger partial charge in [0, 0.05) is 12.1 Å². The summed E-state index contributed by atoms with van der Waals surface area (Å²) < 4.78 is 0. The summed E-state index contributed by atoms with van der Waals surface area (Å²) in [7, 11) is 0. The van der Waals surface area contributed by atoms with Crippen LogP contribution in [0.25, 0.3) is 0 Å². The molecule has 1 aliphatic rings. The molecule has 2 rings (SSSR count). The Kier molecular flexibility index (Phi) is 4.49. The number of amides is 1. The summed E-state index contributed by atoms with van der Waals surface area (Å²) in [5, 5.41) is 2.97. The second kappa shape index (κ2) is 6.10. The van der Waals surface area contributed by atoms with Crippen LogP contribution in [-0.2, 0) is 4.79 Å². The Balaban J connectivity index is 1.82. The number of rotatable bonds is 3. The fourth-order valence-electron chi connectivity index (χ4n) is 2.06. The quantitative estimate of drug-likeness (QED) is 0.888. The maximum Gasteiger partial charge on any atom is 0.224 e. The molecular weight excluding hydrogens is 230 g/mol. The van der Waals surface area contributed by atoms with Crippen LogP contribution in [0.15, 0.2) is 24.3 Å². The van der Waals surface area contributed by atoms with Crippen LogP contribution < -0.4 is 5.32 Å². The first-order chi connectivity index (χ1) is 8.24. The number of hydrogen-bond donors (Lipinski definition) is 1. The van der Waals surface area contributed by atoms with Crippen LogP contribution in [0.1, 0.15) is 24.8 Å². The van der Waals surface area contributed by atoms with E-state index in [-0.39, 0.29) is 5.91 Å². The summed E-state index contributed by atoms with van der Waals surface area (Å²) in [5.74, 6) is 3.16. The zero-order valence-corrected chi connectivity index (χ0v) is 11.1. The van der Waals surface area contributed by atoms with Crippen LogP contribution in [0.2, 0.25) is 0 Å². The minimum atomic E-state index is 0.158. The molecule has 17 heavy (non-hydrogen) atoms. The second-order valence-corrected chi connectivity index (χ2v) is 5.90. The predicted molar refractivity (Wildman–Crippen MR) is 74.5 cm³/mol. The summed E-state index contributed by atoms with van der Waals surface area (Å²) in [6.45, 7) is 2.05. The fraction of sp³-hybridized carbons (Fsp3) is 0.500. The topological polar surface area (TPSA) is 29.1 Å². The Bertz CT molecular complexity index is 368. The molecule has 0 aromatic heterocycles. The molecule has 1 aromatic rings. The maximum absolute atomic E-state index is 11.8. The van der Waals surface area contributed by atoms with E-state index in [0.29, 0.717) is 12.3 Å². The summed E-state index contributed by atoms with van der Waals surface area (Å²) in [6, 6.07) is 7.97. The first-order valence-electron chi connectivity index (χ1n) is 6.18. The number of anilines is 1. The number of nitrogens with one attached hydrogen (secondary N) is 1. The van der Waals surface area contributed by atoms with Gasteiger partial charge < -0.3 is 5.32 Å². The third-order valence-corrected chi connectivity index (χ3v) is 4.20. The highest BCUT2D eigenvalue weighted by atomic mass is 32.2. The molecule has 0 aliphatic carbocycles. The highest BCUT2D eigenvalue weighted by molar-refractivity contribution is 7.99. The SMILES string of the molecule is Cc1ccc(NC(=O)CC2CCSCC2)cc1. The van der Waals surface area contributed by atoms with E-state index in [1.54, 1.807) is 0 Å². The van der Waals surface area contributed by atoms with Gasteiger partial charge in [0.2, 0.25) is 5.91 Å². The van der Waals surface area contributed by atoms with Gasteiger partial charge in [0.15, 0.2) is 0 Å². The van der Waals surface area contributed by atoms with Gasteiger partial charge in [0.05, 0.1) is 0 Å². The molecule has 1 aliphatic heterocycles. The van der Waals surface area contributed by atoms with Crippen LogP contribution in [0.4, 0.5) is 5.69 Å². The highest BCUT2D eigenvalue weighted by Crippen LogP contribution is 2.25. The van der Waals surface area contributed by atoms with Crippen LogP contribution in [0.5, 0.6) is 0 Å². The Hall–Kier alpha value is -0.960. The van der Waals surface area contributed by atoms with E-state index in [2.05, 4.69) is 5.32 Å². The van der Waals surface area contributed by atoms with Gasteiger partial charge in [0.25, 0.3) is 0 Å². The molecule has 1 amide bonds. The van der Waals surface area contributed by atoms with Crippen LogP contribution in [0, 0.1) is 12.8 Å². The Morgan fingerprint density at radius 2 is 1.94 bits per heavy atom. The summed E-state index contributed by atoms with van der Waals surface area (Å²) >= 11 is 2.00. The lowest BCUT2D eigenvalue weighted by atomic mass is 9.98. The van der Waals surface area contributed by atoms with Crippen molar-refractivity contribution in [3.8, 4) is 0 Å². The number of hydrogen-bond acceptors (Lipinski definition) is 2. The largest absolute Gasteiger partial charge is 0.326 e. The van der Waals surface area contributed by atoms with Gasteiger partial charge in [-0.05, 0) is 49.3 Å². The van der Waals surface area contributed by atoms with Crippen molar-refractivity contribution >= 4 is 23.4 Å². The van der Waals surface area contributed by atoms with Crippen LogP contribution in [-0.4, -0.2) is 17.4 Å². The van der Waals surface area contributed by atoms with E-state index >= 15 is 0 Å². The standard InChI is InChI=1S/C14H19NOS/c1-11-2-4-13(5-3-11)15-14(16)10-12-6-8-17-9-7-12/h2-5,12H,6-10H2,1H3,(H,15,16). The van der Waals surface area contributed by atoms with Crippen molar-refractivity contribution < 1.29 is 4.79 Å². The van der Waals surface area contributed by atoms with E-state index in [1.807, 2.05) is 43.0 Å². The minimum Gasteiger partial charge on any atom is -0.326 e. The molecule has 0 unspecified atom stereocenters. The fourth-order valence-corrected chi connectivity index (χ4v) is 3.27. The van der Waals surface area contributed by atoms with Gasteiger partial charge in [-0.2, -0.15) is 11.8 Å². The van der Waals surface area contributed by atoms with Gasteiger partial charge in [-0.1, -0.05) is 17.7 Å². The van der Waals surface area contributed by atoms with E-state index in [1.165, 1.54) is 29.9 Å². The van der Waals surface area contributed by atoms with E-state index in [9.17, 15) is 4.79 Å². The zero-order chi connectivity index (χ0) is 12.1. The molecule has 1 aromatic carbocycles. The molecule has 1 N–H and O–H groups in total. The Morgan fingerprint density at radius 1 is 1.29 bits per heavy atom. The molecular formula is C14H19NOS. The molecule has 0 spiro atoms. The average molecular weight is 249 g/mol. The minimum absolute atomic E-state index is 0.158. The first kappa shape index (κ1) is 12.5. The van der Waals surface area contributed by atoms with Gasteiger partial charge in [-0.3, -0.25) is 4.79 Å². The molecule has 0 radical (unpaired) electrons. The van der Waals surface area contributed by atoms with Crippen molar-refractivity contribution in [3.05, 3.63) is 29.8 Å². The third-order valence-electron chi connectivity index (χ3n) is 3.15. The lowest BCUT2D eigenvalue weighted by molar-refractivity contribution is -0.117. The summed E-state index contributed by atoms with van der Waals surface area (Å²) in [6.07, 6.45) is 3.05. The zero-order valence-electron chi connectivity index (χ0n) is 10.2. The average Bonchev–Trinajstić information content (AvgIpc) is 2.33. The second-order valence-electron chi connectivity index (χ2n) is 4.67. The number of carbonyl (C=O) groups excluding carboxylic acids is 1. The van der Waals surface area contributed by atoms with Crippen molar-refractivity contribution in [1.82, 2.24) is 0 Å². The van der Waals surface area contributed by atoms with Crippen molar-refractivity contribution in [3.63, 3.8) is 0 Å². The van der Waals surface area contributed by atoms with E-state index in [4.69, 9.17) is 0 Å². The number of benzene rings is 1. The lowest BCUT2D eigenvalue weighted by Gasteiger charge is -2.20. The third kappa shape index (κ3) is 4.08. The predicted octanol–water partition coefficient (Wildman–Crippen LogP) is 3.47. The summed E-state index contributed by atoms with van der Waals surface area (Å²) in [4.78, 5) is 11.8. The molecule has 3 heteroatoms. The summed E-state index contributed by atoms with van der Waals surface area (Å²) in [5.41, 5.74) is 2.12. The van der Waals surface area contributed by atoms with Crippen LogP contribution in [0.3, 0.4) is 0 Å². The number of aryl methyl sites for hydroxylation is 1. The van der Waals surface area contributed by atoms with Gasteiger partial charge in [-0.25, -0.2) is 0 Å². The first-order valence-corrected chi connectivity index (χ1v) is 7.34. The lowest BCUT2D eigenvalue weighted by Crippen LogP contribution is -2.19. The van der Waals surface area contributed by atoms with Gasteiger partial charge >= 0.3 is 0 Å². The molecule has 1 fully saturated rings. The van der Waals surface area contributed by atoms with Crippen LogP contribution >= 0.6 is 11.8 Å². The van der Waals surface area contributed by atoms with Gasteiger partial charge in [-0.15, -0.1) is 0 Å². The molecule has 0 saturated carbocycles. The van der Waals surface area contributed by atoms with Crippen molar-refractivity contribution in [2.45, 2.75) is 26.2 Å². The van der Waals surface area contributed by atoms with Gasteiger partial charge in [0.1, 0.15) is 0 Å². The van der Waals surface area contributed by atoms with Crippen molar-refractivity contribution in [2.24, 2.45) is 5.92 Å².